The number of nitrogens with zero attached hydrogens (tertiary/aromatic N) is 2. The van der Waals surface area contributed by atoms with Crippen LogP contribution in [0.1, 0.15) is 31.2 Å². The molecule has 0 amide bonds. The van der Waals surface area contributed by atoms with Crippen molar-refractivity contribution in [3.63, 3.8) is 0 Å². The zero-order valence-electron chi connectivity index (χ0n) is 7.37. The van der Waals surface area contributed by atoms with E-state index in [2.05, 4.69) is 16.9 Å². The number of aromatic nitrogens is 2. The van der Waals surface area contributed by atoms with E-state index in [1.165, 1.54) is 24.8 Å². The zero-order chi connectivity index (χ0) is 8.65. The fourth-order valence-corrected chi connectivity index (χ4v) is 1.14. The monoisotopic (exact) mass is 163 g/mol. The minimum absolute atomic E-state index is 1.05. The molecule has 0 aliphatic heterocycles. The summed E-state index contributed by atoms with van der Waals surface area (Å²) in [6.45, 7) is 3.81. The molecule has 0 aliphatic rings. The lowest BCUT2D eigenvalue weighted by atomic mass is 10.1. The van der Waals surface area contributed by atoms with Gasteiger partial charge in [-0.1, -0.05) is 26.2 Å². The van der Waals surface area contributed by atoms with Crippen molar-refractivity contribution in [1.29, 1.82) is 0 Å². The second kappa shape index (κ2) is 5.70. The van der Waals surface area contributed by atoms with Gasteiger partial charge in [0.1, 0.15) is 6.33 Å². The molecule has 12 heavy (non-hydrogen) atoms. The van der Waals surface area contributed by atoms with Gasteiger partial charge in [-0.05, 0) is 18.4 Å². The third-order valence-electron chi connectivity index (χ3n) is 1.83. The van der Waals surface area contributed by atoms with Gasteiger partial charge in [-0.2, -0.15) is 0 Å². The zero-order valence-corrected chi connectivity index (χ0v) is 7.37. The molecule has 2 heteroatoms. The minimum atomic E-state index is 1.05. The highest BCUT2D eigenvalue weighted by Crippen LogP contribution is 2.04. The van der Waals surface area contributed by atoms with Crippen LogP contribution in [-0.4, -0.2) is 9.97 Å². The summed E-state index contributed by atoms with van der Waals surface area (Å²) in [7, 11) is 0. The van der Waals surface area contributed by atoms with E-state index in [0.29, 0.717) is 0 Å². The molecule has 2 nitrogen and oxygen atoms in total. The Hall–Kier alpha value is -0.920. The normalized spacial score (nSPS) is 10.1. The molecule has 0 unspecified atom stereocenters. The van der Waals surface area contributed by atoms with Crippen LogP contribution in [0, 0.1) is 6.92 Å². The molecule has 1 aromatic rings. The van der Waals surface area contributed by atoms with E-state index in [1.807, 2.05) is 12.4 Å². The van der Waals surface area contributed by atoms with Crippen molar-refractivity contribution < 1.29 is 0 Å². The van der Waals surface area contributed by atoms with Gasteiger partial charge in [-0.15, -0.1) is 0 Å². The van der Waals surface area contributed by atoms with Gasteiger partial charge in [0, 0.05) is 12.4 Å². The predicted octanol–water partition coefficient (Wildman–Crippen LogP) is 2.41. The molecule has 0 saturated heterocycles. The van der Waals surface area contributed by atoms with Gasteiger partial charge >= 0.3 is 0 Å². The summed E-state index contributed by atoms with van der Waals surface area (Å²) < 4.78 is 0. The van der Waals surface area contributed by atoms with Crippen LogP contribution in [0.2, 0.25) is 0 Å². The first-order valence-electron chi connectivity index (χ1n) is 4.46. The Kier molecular flexibility index (Phi) is 4.35. The van der Waals surface area contributed by atoms with E-state index in [4.69, 9.17) is 0 Å². The second-order valence-corrected chi connectivity index (χ2v) is 2.91. The van der Waals surface area contributed by atoms with Crippen LogP contribution in [0.5, 0.6) is 0 Å². The van der Waals surface area contributed by atoms with Crippen molar-refractivity contribution in [2.45, 2.75) is 32.1 Å². The van der Waals surface area contributed by atoms with Crippen LogP contribution >= 0.6 is 0 Å². The van der Waals surface area contributed by atoms with Gasteiger partial charge in [0.2, 0.25) is 0 Å². The largest absolute Gasteiger partial charge is 0.245 e. The summed E-state index contributed by atoms with van der Waals surface area (Å²) in [5.74, 6) is 0. The molecular formula is C10H15N2. The van der Waals surface area contributed by atoms with Crippen molar-refractivity contribution in [1.82, 2.24) is 9.97 Å². The maximum absolute atomic E-state index is 3.96. The summed E-state index contributed by atoms with van der Waals surface area (Å²) in [4.78, 5) is 7.92. The number of unbranched alkanes of at least 4 members (excludes halogenated alkanes) is 3. The van der Waals surface area contributed by atoms with E-state index in [1.54, 1.807) is 6.33 Å². The number of hydrogen-bond donors (Lipinski definition) is 0. The first-order chi connectivity index (χ1) is 5.93. The van der Waals surface area contributed by atoms with Gasteiger partial charge in [0.25, 0.3) is 0 Å². The van der Waals surface area contributed by atoms with Crippen molar-refractivity contribution in [2.24, 2.45) is 0 Å². The maximum atomic E-state index is 3.96. The molecule has 0 aromatic carbocycles. The Balaban J connectivity index is 2.16. The molecule has 0 spiro atoms. The molecular weight excluding hydrogens is 148 g/mol. The van der Waals surface area contributed by atoms with Gasteiger partial charge in [0.15, 0.2) is 0 Å². The molecule has 0 bridgehead atoms. The third-order valence-corrected chi connectivity index (χ3v) is 1.83. The lowest BCUT2D eigenvalue weighted by Gasteiger charge is -1.98. The van der Waals surface area contributed by atoms with Crippen LogP contribution in [0.3, 0.4) is 0 Å². The predicted molar refractivity (Wildman–Crippen MR) is 49.6 cm³/mol. The first-order valence-corrected chi connectivity index (χ1v) is 4.46. The van der Waals surface area contributed by atoms with Crippen LogP contribution in [0.25, 0.3) is 0 Å². The lowest BCUT2D eigenvalue weighted by molar-refractivity contribution is 0.683. The number of aryl methyl sites for hydroxylation is 1. The average Bonchev–Trinajstić information content (AvgIpc) is 2.14. The Morgan fingerprint density at radius 2 is 1.83 bits per heavy atom. The summed E-state index contributed by atoms with van der Waals surface area (Å²) >= 11 is 0. The van der Waals surface area contributed by atoms with Crippen LogP contribution in [0.15, 0.2) is 18.7 Å². The van der Waals surface area contributed by atoms with Crippen LogP contribution in [-0.2, 0) is 6.42 Å². The van der Waals surface area contributed by atoms with E-state index in [9.17, 15) is 0 Å². The molecule has 0 N–H and O–H groups in total. The fourth-order valence-electron chi connectivity index (χ4n) is 1.14. The topological polar surface area (TPSA) is 25.8 Å². The van der Waals surface area contributed by atoms with E-state index in [-0.39, 0.29) is 0 Å². The molecule has 0 atom stereocenters. The highest BCUT2D eigenvalue weighted by Gasteiger charge is 1.92. The Morgan fingerprint density at radius 3 is 2.50 bits per heavy atom. The van der Waals surface area contributed by atoms with Crippen LogP contribution < -0.4 is 0 Å². The quantitative estimate of drug-likeness (QED) is 0.623. The summed E-state index contributed by atoms with van der Waals surface area (Å²) in [5, 5.41) is 0. The molecule has 0 fully saturated rings. The fraction of sp³-hybridized carbons (Fsp3) is 0.500. The highest BCUT2D eigenvalue weighted by molar-refractivity contribution is 5.01. The molecule has 0 aliphatic carbocycles. The number of rotatable bonds is 5. The Labute approximate surface area is 74.1 Å². The van der Waals surface area contributed by atoms with Gasteiger partial charge < -0.3 is 0 Å². The summed E-state index contributed by atoms with van der Waals surface area (Å²) in [6, 6.07) is 0. The standard InChI is InChI=1S/C10H15N2/c1-2-3-4-5-6-10-7-11-9-12-8-10/h7-9H,1-6H2. The van der Waals surface area contributed by atoms with Crippen molar-refractivity contribution in [3.8, 4) is 0 Å². The second-order valence-electron chi connectivity index (χ2n) is 2.91. The van der Waals surface area contributed by atoms with Crippen molar-refractivity contribution in [2.75, 3.05) is 0 Å². The molecule has 1 radical (unpaired) electrons. The van der Waals surface area contributed by atoms with Crippen molar-refractivity contribution in [3.05, 3.63) is 31.2 Å². The molecule has 1 rings (SSSR count). The highest BCUT2D eigenvalue weighted by atomic mass is 14.8. The van der Waals surface area contributed by atoms with Crippen molar-refractivity contribution >= 4 is 0 Å². The molecule has 65 valence electrons. The number of hydrogen-bond acceptors (Lipinski definition) is 2. The van der Waals surface area contributed by atoms with Gasteiger partial charge in [-0.25, -0.2) is 9.97 Å². The smallest absolute Gasteiger partial charge is 0.115 e. The van der Waals surface area contributed by atoms with E-state index >= 15 is 0 Å². The average molecular weight is 163 g/mol. The molecule has 0 saturated carbocycles. The third kappa shape index (κ3) is 3.46. The SMILES string of the molecule is [CH2]CCCCCc1cncnc1. The Morgan fingerprint density at radius 1 is 1.08 bits per heavy atom. The van der Waals surface area contributed by atoms with Gasteiger partial charge in [-0.3, -0.25) is 0 Å². The lowest BCUT2D eigenvalue weighted by Crippen LogP contribution is -1.88. The minimum Gasteiger partial charge on any atom is -0.245 e. The summed E-state index contributed by atoms with van der Waals surface area (Å²) in [6.07, 6.45) is 11.2. The molecule has 1 heterocycles. The van der Waals surface area contributed by atoms with Gasteiger partial charge in [0.05, 0.1) is 0 Å². The maximum Gasteiger partial charge on any atom is 0.115 e. The van der Waals surface area contributed by atoms with E-state index < -0.39 is 0 Å². The Bertz CT molecular complexity index is 196. The first kappa shape index (κ1) is 9.17. The summed E-state index contributed by atoms with van der Waals surface area (Å²) in [5.41, 5.74) is 1.24. The molecule has 1 aromatic heterocycles. The van der Waals surface area contributed by atoms with Crippen LogP contribution in [0.4, 0.5) is 0 Å². The van der Waals surface area contributed by atoms with E-state index in [0.717, 1.165) is 12.8 Å².